The molecule has 98 valence electrons. The largest absolute Gasteiger partial charge is 0.496 e. The summed E-state index contributed by atoms with van der Waals surface area (Å²) < 4.78 is 5.20. The van der Waals surface area contributed by atoms with Gasteiger partial charge in [0, 0.05) is 6.54 Å². The van der Waals surface area contributed by atoms with Crippen molar-refractivity contribution in [2.45, 2.75) is 32.1 Å². The zero-order valence-corrected chi connectivity index (χ0v) is 10.9. The molecule has 1 fully saturated rings. The summed E-state index contributed by atoms with van der Waals surface area (Å²) in [7, 11) is 1.59. The molecule has 1 aliphatic carbocycles. The maximum Gasteiger partial charge on any atom is 0.255 e. The number of para-hydroxylation sites is 1. The number of carbonyl (C=O) groups excluding carboxylic acids is 1. The first-order chi connectivity index (χ1) is 8.81. The van der Waals surface area contributed by atoms with Crippen molar-refractivity contribution < 1.29 is 9.53 Å². The minimum atomic E-state index is -0.0296. The molecule has 0 bridgehead atoms. The molecule has 0 heterocycles. The van der Waals surface area contributed by atoms with Gasteiger partial charge in [-0.15, -0.1) is 0 Å². The van der Waals surface area contributed by atoms with E-state index in [1.165, 1.54) is 32.1 Å². The van der Waals surface area contributed by atoms with Crippen LogP contribution < -0.4 is 10.1 Å². The first kappa shape index (κ1) is 12.9. The maximum absolute atomic E-state index is 12.1. The molecule has 0 atom stereocenters. The molecule has 2 rings (SSSR count). The normalized spacial score (nSPS) is 16.3. The van der Waals surface area contributed by atoms with Gasteiger partial charge in [-0.05, 0) is 30.9 Å². The van der Waals surface area contributed by atoms with Gasteiger partial charge in [0.2, 0.25) is 0 Å². The quantitative estimate of drug-likeness (QED) is 0.888. The Hall–Kier alpha value is -1.51. The monoisotopic (exact) mass is 247 g/mol. The number of carbonyl (C=O) groups is 1. The zero-order valence-electron chi connectivity index (χ0n) is 10.9. The second-order valence-electron chi connectivity index (χ2n) is 4.91. The number of benzene rings is 1. The number of methoxy groups -OCH3 is 1. The Bertz CT molecular complexity index is 397. The smallest absolute Gasteiger partial charge is 0.255 e. The van der Waals surface area contributed by atoms with Crippen LogP contribution in [0.4, 0.5) is 0 Å². The molecule has 18 heavy (non-hydrogen) atoms. The minimum Gasteiger partial charge on any atom is -0.496 e. The van der Waals surface area contributed by atoms with Gasteiger partial charge in [0.1, 0.15) is 5.75 Å². The summed E-state index contributed by atoms with van der Waals surface area (Å²) in [4.78, 5) is 12.1. The van der Waals surface area contributed by atoms with E-state index < -0.39 is 0 Å². The summed E-state index contributed by atoms with van der Waals surface area (Å²) in [5, 5.41) is 3.02. The molecule has 1 N–H and O–H groups in total. The van der Waals surface area contributed by atoms with E-state index in [-0.39, 0.29) is 5.91 Å². The van der Waals surface area contributed by atoms with Gasteiger partial charge in [-0.25, -0.2) is 0 Å². The lowest BCUT2D eigenvalue weighted by Gasteiger charge is -2.21. The van der Waals surface area contributed by atoms with Crippen molar-refractivity contribution in [3.05, 3.63) is 29.8 Å². The molecule has 1 saturated carbocycles. The van der Waals surface area contributed by atoms with Gasteiger partial charge in [-0.1, -0.05) is 31.4 Å². The van der Waals surface area contributed by atoms with Gasteiger partial charge in [-0.2, -0.15) is 0 Å². The van der Waals surface area contributed by atoms with Crippen LogP contribution in [-0.2, 0) is 0 Å². The van der Waals surface area contributed by atoms with Crippen LogP contribution in [0.25, 0.3) is 0 Å². The maximum atomic E-state index is 12.1. The van der Waals surface area contributed by atoms with E-state index in [0.717, 1.165) is 6.54 Å². The van der Waals surface area contributed by atoms with E-state index in [2.05, 4.69) is 5.32 Å². The van der Waals surface area contributed by atoms with E-state index in [1.54, 1.807) is 13.2 Å². The summed E-state index contributed by atoms with van der Waals surface area (Å²) >= 11 is 0. The molecule has 1 aliphatic rings. The van der Waals surface area contributed by atoms with Crippen LogP contribution in [0.1, 0.15) is 42.5 Å². The SMILES string of the molecule is COc1ccccc1C(=O)NCC1CCCCC1. The number of hydrogen-bond donors (Lipinski definition) is 1. The Morgan fingerprint density at radius 3 is 2.72 bits per heavy atom. The predicted molar refractivity (Wildman–Crippen MR) is 71.9 cm³/mol. The lowest BCUT2D eigenvalue weighted by atomic mass is 9.89. The molecular weight excluding hydrogens is 226 g/mol. The fraction of sp³-hybridized carbons (Fsp3) is 0.533. The summed E-state index contributed by atoms with van der Waals surface area (Å²) in [6.07, 6.45) is 6.43. The number of nitrogens with one attached hydrogen (secondary N) is 1. The van der Waals surface area contributed by atoms with Crippen LogP contribution in [0.3, 0.4) is 0 Å². The highest BCUT2D eigenvalue weighted by atomic mass is 16.5. The van der Waals surface area contributed by atoms with E-state index >= 15 is 0 Å². The highest BCUT2D eigenvalue weighted by Gasteiger charge is 2.16. The number of amides is 1. The van der Waals surface area contributed by atoms with Gasteiger partial charge < -0.3 is 10.1 Å². The molecule has 0 spiro atoms. The van der Waals surface area contributed by atoms with E-state index in [0.29, 0.717) is 17.2 Å². The van der Waals surface area contributed by atoms with Gasteiger partial charge >= 0.3 is 0 Å². The molecule has 1 amide bonds. The third-order valence-corrected chi connectivity index (χ3v) is 3.63. The summed E-state index contributed by atoms with van der Waals surface area (Å²) in [6.45, 7) is 0.789. The Morgan fingerprint density at radius 2 is 2.00 bits per heavy atom. The van der Waals surface area contributed by atoms with Crippen LogP contribution in [0.2, 0.25) is 0 Å². The highest BCUT2D eigenvalue weighted by molar-refractivity contribution is 5.96. The van der Waals surface area contributed by atoms with Crippen LogP contribution in [0.15, 0.2) is 24.3 Å². The molecule has 0 aliphatic heterocycles. The van der Waals surface area contributed by atoms with Crippen LogP contribution in [-0.4, -0.2) is 19.6 Å². The molecule has 0 unspecified atom stereocenters. The Morgan fingerprint density at radius 1 is 1.28 bits per heavy atom. The fourth-order valence-corrected chi connectivity index (χ4v) is 2.56. The minimum absolute atomic E-state index is 0.0296. The standard InChI is InChI=1S/C15H21NO2/c1-18-14-10-6-5-9-13(14)15(17)16-11-12-7-3-2-4-8-12/h5-6,9-10,12H,2-4,7-8,11H2,1H3,(H,16,17). The van der Waals surface area contributed by atoms with E-state index in [9.17, 15) is 4.79 Å². The topological polar surface area (TPSA) is 38.3 Å². The van der Waals surface area contributed by atoms with Gasteiger partial charge in [-0.3, -0.25) is 4.79 Å². The molecular formula is C15H21NO2. The van der Waals surface area contributed by atoms with Gasteiger partial charge in [0.15, 0.2) is 0 Å². The van der Waals surface area contributed by atoms with Crippen molar-refractivity contribution in [1.29, 1.82) is 0 Å². The average molecular weight is 247 g/mol. The summed E-state index contributed by atoms with van der Waals surface area (Å²) in [5.74, 6) is 1.26. The fourth-order valence-electron chi connectivity index (χ4n) is 2.56. The third-order valence-electron chi connectivity index (χ3n) is 3.63. The van der Waals surface area contributed by atoms with Crippen molar-refractivity contribution in [3.63, 3.8) is 0 Å². The van der Waals surface area contributed by atoms with Crippen molar-refractivity contribution in [2.75, 3.05) is 13.7 Å². The van der Waals surface area contributed by atoms with E-state index in [1.807, 2.05) is 18.2 Å². The second kappa shape index (κ2) is 6.43. The number of hydrogen-bond acceptors (Lipinski definition) is 2. The number of ether oxygens (including phenoxy) is 1. The van der Waals surface area contributed by atoms with Crippen LogP contribution >= 0.6 is 0 Å². The summed E-state index contributed by atoms with van der Waals surface area (Å²) in [6, 6.07) is 7.35. The van der Waals surface area contributed by atoms with Crippen molar-refractivity contribution in [1.82, 2.24) is 5.32 Å². The zero-order chi connectivity index (χ0) is 12.8. The average Bonchev–Trinajstić information content (AvgIpc) is 2.45. The second-order valence-corrected chi connectivity index (χ2v) is 4.91. The molecule has 3 heteroatoms. The lowest BCUT2D eigenvalue weighted by molar-refractivity contribution is 0.0940. The Kier molecular flexibility index (Phi) is 4.62. The highest BCUT2D eigenvalue weighted by Crippen LogP contribution is 2.23. The lowest BCUT2D eigenvalue weighted by Crippen LogP contribution is -2.30. The van der Waals surface area contributed by atoms with Crippen molar-refractivity contribution in [2.24, 2.45) is 5.92 Å². The first-order valence-electron chi connectivity index (χ1n) is 6.72. The molecule has 0 aromatic heterocycles. The molecule has 1 aromatic rings. The Balaban J connectivity index is 1.90. The summed E-state index contributed by atoms with van der Waals surface area (Å²) in [5.41, 5.74) is 0.621. The molecule has 3 nitrogen and oxygen atoms in total. The molecule has 0 radical (unpaired) electrons. The van der Waals surface area contributed by atoms with Crippen molar-refractivity contribution in [3.8, 4) is 5.75 Å². The third kappa shape index (κ3) is 3.25. The van der Waals surface area contributed by atoms with Crippen LogP contribution in [0, 0.1) is 5.92 Å². The predicted octanol–water partition coefficient (Wildman–Crippen LogP) is 3.01. The molecule has 1 aromatic carbocycles. The Labute approximate surface area is 109 Å². The van der Waals surface area contributed by atoms with Crippen LogP contribution in [0.5, 0.6) is 5.75 Å². The van der Waals surface area contributed by atoms with Gasteiger partial charge in [0.05, 0.1) is 12.7 Å². The molecule has 0 saturated heterocycles. The first-order valence-corrected chi connectivity index (χ1v) is 6.72. The van der Waals surface area contributed by atoms with E-state index in [4.69, 9.17) is 4.74 Å². The number of rotatable bonds is 4. The van der Waals surface area contributed by atoms with Crippen molar-refractivity contribution >= 4 is 5.91 Å². The van der Waals surface area contributed by atoms with Gasteiger partial charge in [0.25, 0.3) is 5.91 Å².